The summed E-state index contributed by atoms with van der Waals surface area (Å²) in [6.45, 7) is 0.0696. The highest BCUT2D eigenvalue weighted by Gasteiger charge is 2.27. The maximum Gasteiger partial charge on any atom is 0.390 e. The molecule has 1 rings (SSSR count). The monoisotopic (exact) mass is 234 g/mol. The minimum Gasteiger partial charge on any atom is -0.344 e. The number of aromatic nitrogens is 2. The van der Waals surface area contributed by atoms with E-state index in [1.54, 1.807) is 6.07 Å². The van der Waals surface area contributed by atoms with Crippen molar-refractivity contribution in [2.24, 2.45) is 5.73 Å². The summed E-state index contributed by atoms with van der Waals surface area (Å²) in [4.78, 5) is 9.25. The van der Waals surface area contributed by atoms with E-state index in [2.05, 4.69) is 9.97 Å². The zero-order chi connectivity index (χ0) is 12.2. The van der Waals surface area contributed by atoms with Crippen LogP contribution in [0.2, 0.25) is 0 Å². The lowest BCUT2D eigenvalue weighted by Gasteiger charge is -2.18. The van der Waals surface area contributed by atoms with Crippen molar-refractivity contribution in [1.29, 1.82) is 0 Å². The van der Waals surface area contributed by atoms with Gasteiger partial charge < -0.3 is 10.6 Å². The van der Waals surface area contributed by atoms with E-state index in [0.29, 0.717) is 5.69 Å². The van der Waals surface area contributed by atoms with Crippen LogP contribution in [-0.4, -0.2) is 29.7 Å². The smallest absolute Gasteiger partial charge is 0.344 e. The Morgan fingerprint density at radius 1 is 1.44 bits per heavy atom. The van der Waals surface area contributed by atoms with Gasteiger partial charge in [-0.15, -0.1) is 0 Å². The third-order valence-electron chi connectivity index (χ3n) is 1.98. The summed E-state index contributed by atoms with van der Waals surface area (Å²) >= 11 is 0. The fraction of sp³-hybridized carbons (Fsp3) is 0.556. The second-order valence-electron chi connectivity index (χ2n) is 3.34. The van der Waals surface area contributed by atoms with Crippen molar-refractivity contribution in [2.45, 2.75) is 19.1 Å². The molecule has 0 saturated heterocycles. The predicted molar refractivity (Wildman–Crippen MR) is 53.9 cm³/mol. The van der Waals surface area contributed by atoms with Gasteiger partial charge in [-0.25, -0.2) is 9.97 Å². The summed E-state index contributed by atoms with van der Waals surface area (Å²) in [5.74, 6) is 0.257. The van der Waals surface area contributed by atoms with Gasteiger partial charge in [-0.1, -0.05) is 0 Å². The molecule has 0 aromatic carbocycles. The number of hydrogen-bond acceptors (Lipinski definition) is 4. The van der Waals surface area contributed by atoms with Crippen molar-refractivity contribution in [3.63, 3.8) is 0 Å². The van der Waals surface area contributed by atoms with Crippen molar-refractivity contribution in [3.05, 3.63) is 18.0 Å². The minimum atomic E-state index is -4.17. The zero-order valence-electron chi connectivity index (χ0n) is 8.83. The number of hydrogen-bond donors (Lipinski definition) is 1. The van der Waals surface area contributed by atoms with Gasteiger partial charge in [-0.05, 0) is 6.07 Å². The van der Waals surface area contributed by atoms with Gasteiger partial charge in [0.1, 0.15) is 0 Å². The first kappa shape index (κ1) is 12.7. The largest absolute Gasteiger partial charge is 0.390 e. The molecule has 1 aromatic heterocycles. The highest BCUT2D eigenvalue weighted by atomic mass is 19.4. The van der Waals surface area contributed by atoms with E-state index in [-0.39, 0.29) is 19.0 Å². The first-order chi connectivity index (χ1) is 7.42. The molecule has 0 fully saturated rings. The number of anilines is 1. The number of nitrogens with zero attached hydrogens (tertiary/aromatic N) is 3. The average molecular weight is 234 g/mol. The normalized spacial score (nSPS) is 11.6. The van der Waals surface area contributed by atoms with E-state index >= 15 is 0 Å². The standard InChI is InChI=1S/C9H13F3N4/c1-16(5-3-9(10,11)12)8-14-4-2-7(6-13)15-8/h2,4H,3,5-6,13H2,1H3. The van der Waals surface area contributed by atoms with Gasteiger partial charge >= 0.3 is 6.18 Å². The van der Waals surface area contributed by atoms with Gasteiger partial charge in [0.25, 0.3) is 0 Å². The Balaban J connectivity index is 2.62. The molecule has 0 unspecified atom stereocenters. The third kappa shape index (κ3) is 4.01. The summed E-state index contributed by atoms with van der Waals surface area (Å²) in [5, 5.41) is 0. The van der Waals surface area contributed by atoms with Crippen molar-refractivity contribution in [2.75, 3.05) is 18.5 Å². The molecule has 2 N–H and O–H groups in total. The van der Waals surface area contributed by atoms with Crippen LogP contribution in [0.15, 0.2) is 12.3 Å². The number of nitrogens with two attached hydrogens (primary N) is 1. The Bertz CT molecular complexity index is 340. The zero-order valence-corrected chi connectivity index (χ0v) is 8.83. The molecule has 0 saturated carbocycles. The van der Waals surface area contributed by atoms with Gasteiger partial charge in [0, 0.05) is 26.3 Å². The Morgan fingerprint density at radius 2 is 2.12 bits per heavy atom. The molecule has 0 atom stereocenters. The van der Waals surface area contributed by atoms with Crippen molar-refractivity contribution in [1.82, 2.24) is 9.97 Å². The van der Waals surface area contributed by atoms with E-state index in [4.69, 9.17) is 5.73 Å². The van der Waals surface area contributed by atoms with Gasteiger partial charge in [-0.2, -0.15) is 13.2 Å². The van der Waals surface area contributed by atoms with Crippen molar-refractivity contribution >= 4 is 5.95 Å². The molecule has 0 aliphatic heterocycles. The third-order valence-corrected chi connectivity index (χ3v) is 1.98. The van der Waals surface area contributed by atoms with Crippen LogP contribution in [0, 0.1) is 0 Å². The number of alkyl halides is 3. The lowest BCUT2D eigenvalue weighted by atomic mass is 10.4. The Morgan fingerprint density at radius 3 is 2.69 bits per heavy atom. The van der Waals surface area contributed by atoms with Crippen LogP contribution in [-0.2, 0) is 6.54 Å². The van der Waals surface area contributed by atoms with E-state index in [1.807, 2.05) is 0 Å². The molecule has 16 heavy (non-hydrogen) atoms. The number of rotatable bonds is 4. The van der Waals surface area contributed by atoms with E-state index in [1.165, 1.54) is 18.1 Å². The van der Waals surface area contributed by atoms with Crippen LogP contribution < -0.4 is 10.6 Å². The SMILES string of the molecule is CN(CCC(F)(F)F)c1nccc(CN)n1. The fourth-order valence-corrected chi connectivity index (χ4v) is 1.08. The lowest BCUT2D eigenvalue weighted by Crippen LogP contribution is -2.26. The molecule has 0 aliphatic carbocycles. The Kier molecular flexibility index (Phi) is 4.05. The van der Waals surface area contributed by atoms with Gasteiger partial charge in [0.2, 0.25) is 5.95 Å². The molecule has 1 aromatic rings. The molecule has 0 bridgehead atoms. The Labute approximate surface area is 91.3 Å². The van der Waals surface area contributed by atoms with Crippen LogP contribution >= 0.6 is 0 Å². The Hall–Kier alpha value is -1.37. The quantitative estimate of drug-likeness (QED) is 0.853. The second-order valence-corrected chi connectivity index (χ2v) is 3.34. The highest BCUT2D eigenvalue weighted by molar-refractivity contribution is 5.28. The average Bonchev–Trinajstić information content (AvgIpc) is 2.25. The van der Waals surface area contributed by atoms with Crippen LogP contribution in [0.25, 0.3) is 0 Å². The van der Waals surface area contributed by atoms with Crippen LogP contribution in [0.5, 0.6) is 0 Å². The van der Waals surface area contributed by atoms with Crippen molar-refractivity contribution in [3.8, 4) is 0 Å². The van der Waals surface area contributed by atoms with E-state index < -0.39 is 12.6 Å². The lowest BCUT2D eigenvalue weighted by molar-refractivity contribution is -0.132. The maximum atomic E-state index is 12.0. The van der Waals surface area contributed by atoms with Gasteiger partial charge in [-0.3, -0.25) is 0 Å². The van der Waals surface area contributed by atoms with Crippen LogP contribution in [0.3, 0.4) is 0 Å². The molecule has 0 amide bonds. The molecule has 0 spiro atoms. The number of halogens is 3. The summed E-state index contributed by atoms with van der Waals surface area (Å²) in [5.41, 5.74) is 5.97. The van der Waals surface area contributed by atoms with Crippen LogP contribution in [0.4, 0.5) is 19.1 Å². The first-order valence-electron chi connectivity index (χ1n) is 4.72. The molecule has 7 heteroatoms. The van der Waals surface area contributed by atoms with E-state index in [0.717, 1.165) is 0 Å². The van der Waals surface area contributed by atoms with E-state index in [9.17, 15) is 13.2 Å². The highest BCUT2D eigenvalue weighted by Crippen LogP contribution is 2.20. The van der Waals surface area contributed by atoms with Gasteiger partial charge in [0.05, 0.1) is 12.1 Å². The summed E-state index contributed by atoms with van der Waals surface area (Å²) in [6, 6.07) is 1.63. The van der Waals surface area contributed by atoms with Crippen LogP contribution in [0.1, 0.15) is 12.1 Å². The topological polar surface area (TPSA) is 55.0 Å². The molecular weight excluding hydrogens is 221 g/mol. The molecule has 4 nitrogen and oxygen atoms in total. The molecule has 0 aliphatic rings. The summed E-state index contributed by atoms with van der Waals surface area (Å²) in [7, 11) is 1.52. The second kappa shape index (κ2) is 5.11. The summed E-state index contributed by atoms with van der Waals surface area (Å²) in [6.07, 6.45) is -3.58. The minimum absolute atomic E-state index is 0.169. The fourth-order valence-electron chi connectivity index (χ4n) is 1.08. The molecule has 1 heterocycles. The first-order valence-corrected chi connectivity index (χ1v) is 4.72. The maximum absolute atomic E-state index is 12.0. The predicted octanol–water partition coefficient (Wildman–Crippen LogP) is 1.32. The molecule has 90 valence electrons. The van der Waals surface area contributed by atoms with Gasteiger partial charge in [0.15, 0.2) is 0 Å². The van der Waals surface area contributed by atoms with Crippen molar-refractivity contribution < 1.29 is 13.2 Å². The molecular formula is C9H13F3N4. The molecule has 0 radical (unpaired) electrons. The summed E-state index contributed by atoms with van der Waals surface area (Å²) < 4.78 is 36.0.